The van der Waals surface area contributed by atoms with E-state index in [2.05, 4.69) is 23.2 Å². The maximum atomic E-state index is 5.12. The number of nitrogens with zero attached hydrogens (tertiary/aromatic N) is 1. The minimum absolute atomic E-state index is 0.626. The molecule has 0 aliphatic carbocycles. The molecule has 0 radical (unpaired) electrons. The molecule has 10 heavy (non-hydrogen) atoms. The maximum Gasteiger partial charge on any atom is 0.0576 e. The quantitative estimate of drug-likeness (QED) is 0.537. The van der Waals surface area contributed by atoms with Crippen LogP contribution in [-0.4, -0.2) is 37.6 Å². The summed E-state index contributed by atoms with van der Waals surface area (Å²) in [5, 5.41) is 3.28. The van der Waals surface area contributed by atoms with Crippen molar-refractivity contribution in [1.82, 2.24) is 10.2 Å². The fourth-order valence-electron chi connectivity index (χ4n) is 1.30. The van der Waals surface area contributed by atoms with Crippen molar-refractivity contribution >= 4 is 0 Å². The van der Waals surface area contributed by atoms with E-state index in [0.29, 0.717) is 12.6 Å². The van der Waals surface area contributed by atoms with Gasteiger partial charge in [-0.05, 0) is 20.0 Å². The molecule has 1 heterocycles. The second-order valence-electron chi connectivity index (χ2n) is 2.83. The molecule has 1 N–H and O–H groups in total. The minimum Gasteiger partial charge on any atom is -0.305 e. The largest absolute Gasteiger partial charge is 0.305 e. The molecule has 0 aromatic rings. The summed E-state index contributed by atoms with van der Waals surface area (Å²) in [6, 6.07) is 0.626. The van der Waals surface area contributed by atoms with Crippen LogP contribution >= 0.6 is 0 Å². The molecule has 2 heteroatoms. The van der Waals surface area contributed by atoms with Gasteiger partial charge < -0.3 is 10.2 Å². The lowest BCUT2D eigenvalue weighted by atomic mass is 10.3. The van der Waals surface area contributed by atoms with Gasteiger partial charge in [-0.25, -0.2) is 0 Å². The zero-order chi connectivity index (χ0) is 7.40. The first kappa shape index (κ1) is 7.59. The summed E-state index contributed by atoms with van der Waals surface area (Å²) in [7, 11) is 2.14. The number of terminal acetylenes is 1. The third-order valence-corrected chi connectivity index (χ3v) is 1.88. The Labute approximate surface area is 62.6 Å². The maximum absolute atomic E-state index is 5.12. The molecule has 0 aromatic heterocycles. The zero-order valence-electron chi connectivity index (χ0n) is 6.43. The molecule has 2 nitrogen and oxygen atoms in total. The third kappa shape index (κ3) is 2.02. The molecule has 1 unspecified atom stereocenters. The number of hydrogen-bond donors (Lipinski definition) is 1. The third-order valence-electron chi connectivity index (χ3n) is 1.88. The molecule has 1 rings (SSSR count). The number of likely N-dealkylation sites (tertiary alicyclic amines) is 1. The normalized spacial score (nSPS) is 26.6. The molecule has 0 amide bonds. The second-order valence-corrected chi connectivity index (χ2v) is 2.83. The summed E-state index contributed by atoms with van der Waals surface area (Å²) in [6.07, 6.45) is 6.35. The van der Waals surface area contributed by atoms with Crippen molar-refractivity contribution < 1.29 is 0 Å². The molecule has 1 saturated heterocycles. The molecule has 0 spiro atoms. The first-order valence-corrected chi connectivity index (χ1v) is 3.68. The fourth-order valence-corrected chi connectivity index (χ4v) is 1.30. The summed E-state index contributed by atoms with van der Waals surface area (Å²) in [4.78, 5) is 2.31. The lowest BCUT2D eigenvalue weighted by Crippen LogP contribution is -2.31. The molecule has 1 aliphatic rings. The Bertz CT molecular complexity index is 137. The Kier molecular flexibility index (Phi) is 2.73. The van der Waals surface area contributed by atoms with Gasteiger partial charge in [0.25, 0.3) is 0 Å². The summed E-state index contributed by atoms with van der Waals surface area (Å²) in [5.74, 6) is 2.58. The highest BCUT2D eigenvalue weighted by Crippen LogP contribution is 2.04. The number of likely N-dealkylation sites (N-methyl/N-ethyl adjacent to an activating group) is 1. The van der Waals surface area contributed by atoms with E-state index in [1.165, 1.54) is 13.0 Å². The van der Waals surface area contributed by atoms with Gasteiger partial charge in [0.05, 0.1) is 6.54 Å². The first-order valence-electron chi connectivity index (χ1n) is 3.68. The highest BCUT2D eigenvalue weighted by molar-refractivity contribution is 4.90. The van der Waals surface area contributed by atoms with E-state index in [4.69, 9.17) is 6.42 Å². The standard InChI is InChI=1S/C8H14N2/c1-3-5-9-8-4-6-10(2)7-8/h1,8-9H,4-7H2,2H3. The molecule has 0 bridgehead atoms. The van der Waals surface area contributed by atoms with E-state index in [-0.39, 0.29) is 0 Å². The van der Waals surface area contributed by atoms with Gasteiger partial charge in [-0.15, -0.1) is 6.42 Å². The summed E-state index contributed by atoms with van der Waals surface area (Å²) in [6.45, 7) is 3.04. The lowest BCUT2D eigenvalue weighted by Gasteiger charge is -2.09. The van der Waals surface area contributed by atoms with Crippen LogP contribution < -0.4 is 5.32 Å². The minimum atomic E-state index is 0.626. The van der Waals surface area contributed by atoms with Gasteiger partial charge in [-0.2, -0.15) is 0 Å². The Hall–Kier alpha value is -0.520. The fraction of sp³-hybridized carbons (Fsp3) is 0.750. The van der Waals surface area contributed by atoms with E-state index < -0.39 is 0 Å². The molecule has 56 valence electrons. The molecule has 0 saturated carbocycles. The first-order chi connectivity index (χ1) is 4.83. The highest BCUT2D eigenvalue weighted by Gasteiger charge is 2.17. The highest BCUT2D eigenvalue weighted by atomic mass is 15.2. The Morgan fingerprint density at radius 1 is 1.80 bits per heavy atom. The van der Waals surface area contributed by atoms with Crippen molar-refractivity contribution in [3.05, 3.63) is 0 Å². The van der Waals surface area contributed by atoms with E-state index in [1.54, 1.807) is 0 Å². The van der Waals surface area contributed by atoms with E-state index in [0.717, 1.165) is 6.54 Å². The van der Waals surface area contributed by atoms with Gasteiger partial charge in [0.15, 0.2) is 0 Å². The topological polar surface area (TPSA) is 15.3 Å². The monoisotopic (exact) mass is 138 g/mol. The number of rotatable bonds is 2. The molecule has 0 aromatic carbocycles. The average Bonchev–Trinajstić information content (AvgIpc) is 2.31. The molecular formula is C8H14N2. The summed E-state index contributed by atoms with van der Waals surface area (Å²) < 4.78 is 0. The van der Waals surface area contributed by atoms with Crippen molar-refractivity contribution in [2.45, 2.75) is 12.5 Å². The lowest BCUT2D eigenvalue weighted by molar-refractivity contribution is 0.401. The second kappa shape index (κ2) is 3.60. The van der Waals surface area contributed by atoms with Crippen molar-refractivity contribution in [3.8, 4) is 12.3 Å². The van der Waals surface area contributed by atoms with Crippen molar-refractivity contribution in [1.29, 1.82) is 0 Å². The Balaban J connectivity index is 2.14. The summed E-state index contributed by atoms with van der Waals surface area (Å²) >= 11 is 0. The average molecular weight is 138 g/mol. The Morgan fingerprint density at radius 2 is 2.60 bits per heavy atom. The van der Waals surface area contributed by atoms with Crippen molar-refractivity contribution in [2.24, 2.45) is 0 Å². The van der Waals surface area contributed by atoms with E-state index in [1.807, 2.05) is 0 Å². The van der Waals surface area contributed by atoms with Crippen LogP contribution in [0.4, 0.5) is 0 Å². The van der Waals surface area contributed by atoms with Crippen LogP contribution in [-0.2, 0) is 0 Å². The van der Waals surface area contributed by atoms with Crippen LogP contribution in [0.2, 0.25) is 0 Å². The Morgan fingerprint density at radius 3 is 3.10 bits per heavy atom. The van der Waals surface area contributed by atoms with Gasteiger partial charge in [0.2, 0.25) is 0 Å². The predicted molar refractivity (Wildman–Crippen MR) is 42.7 cm³/mol. The van der Waals surface area contributed by atoms with Crippen molar-refractivity contribution in [2.75, 3.05) is 26.7 Å². The van der Waals surface area contributed by atoms with Crippen LogP contribution in [0.15, 0.2) is 0 Å². The van der Waals surface area contributed by atoms with Crippen LogP contribution in [0.1, 0.15) is 6.42 Å². The SMILES string of the molecule is C#CCNC1CCN(C)C1. The molecular weight excluding hydrogens is 124 g/mol. The van der Waals surface area contributed by atoms with Gasteiger partial charge in [0, 0.05) is 12.6 Å². The van der Waals surface area contributed by atoms with Crippen LogP contribution in [0.3, 0.4) is 0 Å². The van der Waals surface area contributed by atoms with E-state index in [9.17, 15) is 0 Å². The predicted octanol–water partition coefficient (Wildman–Crippen LogP) is -0.0867. The van der Waals surface area contributed by atoms with Crippen molar-refractivity contribution in [3.63, 3.8) is 0 Å². The number of hydrogen-bond acceptors (Lipinski definition) is 2. The van der Waals surface area contributed by atoms with Crippen LogP contribution in [0.25, 0.3) is 0 Å². The summed E-state index contributed by atoms with van der Waals surface area (Å²) in [5.41, 5.74) is 0. The van der Waals surface area contributed by atoms with Gasteiger partial charge in [0.1, 0.15) is 0 Å². The van der Waals surface area contributed by atoms with E-state index >= 15 is 0 Å². The molecule has 1 fully saturated rings. The number of nitrogens with one attached hydrogen (secondary N) is 1. The van der Waals surface area contributed by atoms with Gasteiger partial charge in [-0.3, -0.25) is 0 Å². The zero-order valence-corrected chi connectivity index (χ0v) is 6.43. The van der Waals surface area contributed by atoms with Crippen LogP contribution in [0.5, 0.6) is 0 Å². The molecule has 1 atom stereocenters. The van der Waals surface area contributed by atoms with Gasteiger partial charge in [-0.1, -0.05) is 5.92 Å². The smallest absolute Gasteiger partial charge is 0.0576 e. The van der Waals surface area contributed by atoms with Gasteiger partial charge >= 0.3 is 0 Å². The van der Waals surface area contributed by atoms with Crippen LogP contribution in [0, 0.1) is 12.3 Å². The molecule has 1 aliphatic heterocycles.